The van der Waals surface area contributed by atoms with Crippen LogP contribution in [0.5, 0.6) is 11.5 Å². The van der Waals surface area contributed by atoms with Crippen LogP contribution in [0, 0.1) is 0 Å². The van der Waals surface area contributed by atoms with E-state index in [1.807, 2.05) is 36.4 Å². The summed E-state index contributed by atoms with van der Waals surface area (Å²) in [5.41, 5.74) is 1.25. The van der Waals surface area contributed by atoms with Crippen LogP contribution in [0.3, 0.4) is 0 Å². The first-order valence-corrected chi connectivity index (χ1v) is 11.9. The van der Waals surface area contributed by atoms with E-state index >= 15 is 0 Å². The molecule has 0 bridgehead atoms. The van der Waals surface area contributed by atoms with Crippen molar-refractivity contribution >= 4 is 17.7 Å². The molecular weight excluding hydrogens is 476 g/mol. The van der Waals surface area contributed by atoms with E-state index in [0.717, 1.165) is 5.75 Å². The zero-order valence-corrected chi connectivity index (χ0v) is 19.7. The maximum Gasteiger partial charge on any atom is 0.412 e. The van der Waals surface area contributed by atoms with E-state index < -0.39 is 18.3 Å². The molecule has 0 saturated carbocycles. The normalized spacial score (nSPS) is 22.3. The number of nitrogens with zero attached hydrogens (tertiary/aromatic N) is 2. The van der Waals surface area contributed by atoms with Crippen LogP contribution in [0.4, 0.5) is 16.4 Å². The summed E-state index contributed by atoms with van der Waals surface area (Å²) < 4.78 is 28.6. The van der Waals surface area contributed by atoms with Crippen LogP contribution in [-0.2, 0) is 14.2 Å². The molecule has 2 aliphatic heterocycles. The lowest BCUT2D eigenvalue weighted by molar-refractivity contribution is 0.00917. The van der Waals surface area contributed by atoms with Crippen molar-refractivity contribution in [2.75, 3.05) is 23.8 Å². The number of amides is 1. The van der Waals surface area contributed by atoms with E-state index in [9.17, 15) is 4.79 Å². The van der Waals surface area contributed by atoms with Gasteiger partial charge in [0.1, 0.15) is 29.4 Å². The summed E-state index contributed by atoms with van der Waals surface area (Å²) in [6, 6.07) is 21.7. The topological polar surface area (TPSA) is 117 Å². The van der Waals surface area contributed by atoms with Gasteiger partial charge in [-0.05, 0) is 54.6 Å². The number of furan rings is 1. The van der Waals surface area contributed by atoms with Crippen molar-refractivity contribution in [1.29, 1.82) is 0 Å². The van der Waals surface area contributed by atoms with Crippen LogP contribution in [0.25, 0.3) is 11.5 Å². The number of fused-ring (bicyclic) bond motifs is 1. The van der Waals surface area contributed by atoms with E-state index in [-0.39, 0.29) is 18.8 Å². The highest BCUT2D eigenvalue weighted by Gasteiger charge is 2.49. The molecular formula is C27H24N4O6. The summed E-state index contributed by atoms with van der Waals surface area (Å²) in [5.74, 6) is 2.49. The minimum atomic E-state index is -0.583. The Bertz CT molecular complexity index is 1330. The summed E-state index contributed by atoms with van der Waals surface area (Å²) in [4.78, 5) is 21.3. The monoisotopic (exact) mass is 500 g/mol. The van der Waals surface area contributed by atoms with Gasteiger partial charge in [0.2, 0.25) is 5.95 Å². The largest absolute Gasteiger partial charge is 0.463 e. The van der Waals surface area contributed by atoms with Crippen LogP contribution >= 0.6 is 0 Å². The van der Waals surface area contributed by atoms with Crippen molar-refractivity contribution < 1.29 is 28.2 Å². The molecule has 0 aliphatic carbocycles. The standard InChI is InChI=1S/C27H24N4O6/c32-27(29-17-8-10-19(11-9-17)36-18-5-2-1-3-6-18)37-23-16-35-24-21(15-34-25(23)24)31-26-28-13-12-20(30-26)22-7-4-14-33-22/h1-14,21,23-25H,15-16H2,(H,29,32)(H,28,30,31)/t21-,23+,24+,25+/m0/s1. The SMILES string of the molecule is O=C(Nc1ccc(Oc2ccccc2)cc1)O[C@@H]1CO[C@H]2[C@@H]1OC[C@@H]2Nc1nccc(-c2ccco2)n1. The lowest BCUT2D eigenvalue weighted by Crippen LogP contribution is -2.38. The van der Waals surface area contributed by atoms with Crippen LogP contribution in [0.2, 0.25) is 0 Å². The molecule has 2 fully saturated rings. The Morgan fingerprint density at radius 2 is 1.70 bits per heavy atom. The van der Waals surface area contributed by atoms with Gasteiger partial charge in [-0.2, -0.15) is 0 Å². The van der Waals surface area contributed by atoms with E-state index in [4.69, 9.17) is 23.4 Å². The Balaban J connectivity index is 1.02. The Morgan fingerprint density at radius 3 is 2.51 bits per heavy atom. The van der Waals surface area contributed by atoms with Crippen LogP contribution in [0.1, 0.15) is 0 Å². The van der Waals surface area contributed by atoms with Crippen molar-refractivity contribution in [1.82, 2.24) is 9.97 Å². The first kappa shape index (κ1) is 23.0. The summed E-state index contributed by atoms with van der Waals surface area (Å²) in [5, 5.41) is 6.01. The number of carbonyl (C=O) groups is 1. The molecule has 4 atom stereocenters. The van der Waals surface area contributed by atoms with Crippen LogP contribution in [-0.4, -0.2) is 53.6 Å². The maximum atomic E-state index is 12.5. The van der Waals surface area contributed by atoms with Crippen LogP contribution < -0.4 is 15.4 Å². The third kappa shape index (κ3) is 5.25. The number of para-hydroxylation sites is 1. The van der Waals surface area contributed by atoms with Gasteiger partial charge in [0.05, 0.1) is 25.5 Å². The molecule has 2 N–H and O–H groups in total. The number of anilines is 2. The molecule has 2 aromatic carbocycles. The Hall–Kier alpha value is -4.41. The fourth-order valence-corrected chi connectivity index (χ4v) is 4.36. The second-order valence-corrected chi connectivity index (χ2v) is 8.60. The molecule has 2 saturated heterocycles. The van der Waals surface area contributed by atoms with E-state index in [2.05, 4.69) is 20.6 Å². The Labute approximate surface area is 212 Å². The van der Waals surface area contributed by atoms with Crippen molar-refractivity contribution in [2.45, 2.75) is 24.4 Å². The number of hydrogen-bond donors (Lipinski definition) is 2. The van der Waals surface area contributed by atoms with Gasteiger partial charge in [0.15, 0.2) is 11.9 Å². The van der Waals surface area contributed by atoms with Gasteiger partial charge in [-0.25, -0.2) is 14.8 Å². The van der Waals surface area contributed by atoms with Gasteiger partial charge in [-0.1, -0.05) is 18.2 Å². The van der Waals surface area contributed by atoms with Crippen LogP contribution in [0.15, 0.2) is 89.7 Å². The fourth-order valence-electron chi connectivity index (χ4n) is 4.36. The predicted octanol–water partition coefficient (Wildman–Crippen LogP) is 4.72. The number of carbonyl (C=O) groups excluding carboxylic acids is 1. The summed E-state index contributed by atoms with van der Waals surface area (Å²) >= 11 is 0. The molecule has 1 amide bonds. The average Bonchev–Trinajstić information content (AvgIpc) is 3.67. The highest BCUT2D eigenvalue weighted by Crippen LogP contribution is 2.31. The molecule has 188 valence electrons. The third-order valence-electron chi connectivity index (χ3n) is 6.09. The number of nitrogens with one attached hydrogen (secondary N) is 2. The number of ether oxygens (including phenoxy) is 4. The van der Waals surface area contributed by atoms with E-state index in [1.165, 1.54) is 0 Å². The second kappa shape index (κ2) is 10.3. The first-order valence-electron chi connectivity index (χ1n) is 11.9. The minimum Gasteiger partial charge on any atom is -0.463 e. The van der Waals surface area contributed by atoms with Gasteiger partial charge in [-0.15, -0.1) is 0 Å². The highest BCUT2D eigenvalue weighted by atomic mass is 16.6. The second-order valence-electron chi connectivity index (χ2n) is 8.60. The van der Waals surface area contributed by atoms with Gasteiger partial charge in [0, 0.05) is 11.9 Å². The van der Waals surface area contributed by atoms with Crippen molar-refractivity contribution in [3.8, 4) is 23.0 Å². The quantitative estimate of drug-likeness (QED) is 0.372. The van der Waals surface area contributed by atoms with Gasteiger partial charge in [-0.3, -0.25) is 5.32 Å². The van der Waals surface area contributed by atoms with Gasteiger partial charge < -0.3 is 28.7 Å². The molecule has 10 heteroatoms. The van der Waals surface area contributed by atoms with Crippen molar-refractivity contribution in [2.24, 2.45) is 0 Å². The molecule has 0 spiro atoms. The van der Waals surface area contributed by atoms with Crippen molar-refractivity contribution in [3.63, 3.8) is 0 Å². The fraction of sp³-hybridized carbons (Fsp3) is 0.222. The molecule has 0 radical (unpaired) electrons. The molecule has 4 heterocycles. The number of hydrogen-bond acceptors (Lipinski definition) is 9. The smallest absolute Gasteiger partial charge is 0.412 e. The molecule has 6 rings (SSSR count). The molecule has 2 aromatic heterocycles. The lowest BCUT2D eigenvalue weighted by atomic mass is 10.1. The van der Waals surface area contributed by atoms with Gasteiger partial charge >= 0.3 is 6.09 Å². The zero-order chi connectivity index (χ0) is 25.0. The Morgan fingerprint density at radius 1 is 0.892 bits per heavy atom. The van der Waals surface area contributed by atoms with Gasteiger partial charge in [0.25, 0.3) is 0 Å². The predicted molar refractivity (Wildman–Crippen MR) is 133 cm³/mol. The average molecular weight is 501 g/mol. The lowest BCUT2D eigenvalue weighted by Gasteiger charge is -2.18. The summed E-state index contributed by atoms with van der Waals surface area (Å²) in [6.07, 6.45) is 1.44. The van der Waals surface area contributed by atoms with Crippen molar-refractivity contribution in [3.05, 3.63) is 85.3 Å². The third-order valence-corrected chi connectivity index (χ3v) is 6.09. The molecule has 10 nitrogen and oxygen atoms in total. The molecule has 0 unspecified atom stereocenters. The van der Waals surface area contributed by atoms with E-state index in [0.29, 0.717) is 35.4 Å². The molecule has 4 aromatic rings. The summed E-state index contributed by atoms with van der Waals surface area (Å²) in [6.45, 7) is 0.603. The molecule has 37 heavy (non-hydrogen) atoms. The Kier molecular flexibility index (Phi) is 6.40. The number of aromatic nitrogens is 2. The highest BCUT2D eigenvalue weighted by molar-refractivity contribution is 5.84. The zero-order valence-electron chi connectivity index (χ0n) is 19.7. The first-order chi connectivity index (χ1) is 18.2. The van der Waals surface area contributed by atoms with E-state index in [1.54, 1.807) is 48.9 Å². The summed E-state index contributed by atoms with van der Waals surface area (Å²) in [7, 11) is 0. The number of rotatable bonds is 7. The minimum absolute atomic E-state index is 0.189. The maximum absolute atomic E-state index is 12.5. The number of benzene rings is 2. The molecule has 2 aliphatic rings.